The van der Waals surface area contributed by atoms with Gasteiger partial charge in [-0.3, -0.25) is 0 Å². The van der Waals surface area contributed by atoms with Gasteiger partial charge in [0.15, 0.2) is 0 Å². The molecule has 19 heavy (non-hydrogen) atoms. The van der Waals surface area contributed by atoms with Crippen LogP contribution in [-0.2, 0) is 0 Å². The number of benzene rings is 1. The number of rotatable bonds is 6. The minimum Gasteiger partial charge on any atom is -0.495 e. The number of methoxy groups -OCH3 is 1. The zero-order chi connectivity index (χ0) is 14.6. The fourth-order valence-electron chi connectivity index (χ4n) is 1.87. The SMILES string of the molecule is COc1cc(NC(CN(C)C)C(C)C)c(F)cc1N. The molecule has 0 aliphatic rings. The highest BCUT2D eigenvalue weighted by molar-refractivity contribution is 5.62. The number of anilines is 2. The molecule has 1 aromatic carbocycles. The molecule has 1 unspecified atom stereocenters. The average Bonchev–Trinajstić information content (AvgIpc) is 2.30. The van der Waals surface area contributed by atoms with Crippen LogP contribution in [0.15, 0.2) is 12.1 Å². The summed E-state index contributed by atoms with van der Waals surface area (Å²) in [5, 5.41) is 3.23. The second kappa shape index (κ2) is 6.61. The zero-order valence-corrected chi connectivity index (χ0v) is 12.3. The molecule has 3 N–H and O–H groups in total. The van der Waals surface area contributed by atoms with Gasteiger partial charge in [0.25, 0.3) is 0 Å². The highest BCUT2D eigenvalue weighted by Crippen LogP contribution is 2.29. The Balaban J connectivity index is 2.95. The summed E-state index contributed by atoms with van der Waals surface area (Å²) in [6.07, 6.45) is 0. The van der Waals surface area contributed by atoms with Crippen LogP contribution in [-0.4, -0.2) is 38.7 Å². The van der Waals surface area contributed by atoms with Crippen molar-refractivity contribution in [1.82, 2.24) is 4.90 Å². The van der Waals surface area contributed by atoms with Gasteiger partial charge in [-0.2, -0.15) is 0 Å². The second-order valence-corrected chi connectivity index (χ2v) is 5.33. The van der Waals surface area contributed by atoms with Crippen molar-refractivity contribution in [2.24, 2.45) is 5.92 Å². The number of nitrogen functional groups attached to an aromatic ring is 1. The van der Waals surface area contributed by atoms with E-state index in [2.05, 4.69) is 24.1 Å². The molecule has 0 radical (unpaired) electrons. The van der Waals surface area contributed by atoms with E-state index in [0.717, 1.165) is 6.54 Å². The fourth-order valence-corrected chi connectivity index (χ4v) is 1.87. The first-order chi connectivity index (χ1) is 8.85. The lowest BCUT2D eigenvalue weighted by Gasteiger charge is -2.27. The van der Waals surface area contributed by atoms with Crippen LogP contribution in [0, 0.1) is 11.7 Å². The summed E-state index contributed by atoms with van der Waals surface area (Å²) in [5.74, 6) is 0.504. The molecule has 4 nitrogen and oxygen atoms in total. The van der Waals surface area contributed by atoms with Gasteiger partial charge in [0.1, 0.15) is 11.6 Å². The van der Waals surface area contributed by atoms with E-state index in [1.165, 1.54) is 13.2 Å². The van der Waals surface area contributed by atoms with Gasteiger partial charge < -0.3 is 20.7 Å². The molecule has 0 heterocycles. The summed E-state index contributed by atoms with van der Waals surface area (Å²) in [4.78, 5) is 2.07. The van der Waals surface area contributed by atoms with E-state index < -0.39 is 0 Å². The molecule has 1 rings (SSSR count). The summed E-state index contributed by atoms with van der Waals surface area (Å²) in [5.41, 5.74) is 6.40. The van der Waals surface area contributed by atoms with Crippen molar-refractivity contribution >= 4 is 11.4 Å². The number of ether oxygens (including phenoxy) is 1. The first-order valence-electron chi connectivity index (χ1n) is 6.39. The highest BCUT2D eigenvalue weighted by atomic mass is 19.1. The first-order valence-corrected chi connectivity index (χ1v) is 6.39. The predicted octanol–water partition coefficient (Wildman–Crippen LogP) is 2.41. The maximum atomic E-state index is 13.9. The Morgan fingerprint density at radius 1 is 1.37 bits per heavy atom. The molecule has 0 aliphatic carbocycles. The molecule has 0 fully saturated rings. The van der Waals surface area contributed by atoms with E-state index in [1.54, 1.807) is 6.07 Å². The predicted molar refractivity (Wildman–Crippen MR) is 78.2 cm³/mol. The molecule has 1 aromatic rings. The summed E-state index contributed by atoms with van der Waals surface area (Å²) in [6.45, 7) is 5.03. The van der Waals surface area contributed by atoms with E-state index >= 15 is 0 Å². The van der Waals surface area contributed by atoms with E-state index in [-0.39, 0.29) is 11.9 Å². The number of hydrogen-bond acceptors (Lipinski definition) is 4. The van der Waals surface area contributed by atoms with Gasteiger partial charge >= 0.3 is 0 Å². The van der Waals surface area contributed by atoms with E-state index in [4.69, 9.17) is 10.5 Å². The van der Waals surface area contributed by atoms with Crippen LogP contribution < -0.4 is 15.8 Å². The zero-order valence-electron chi connectivity index (χ0n) is 12.3. The third-order valence-electron chi connectivity index (χ3n) is 3.03. The van der Waals surface area contributed by atoms with Gasteiger partial charge in [-0.1, -0.05) is 13.8 Å². The molecule has 0 saturated carbocycles. The van der Waals surface area contributed by atoms with Crippen LogP contribution in [0.4, 0.5) is 15.8 Å². The maximum absolute atomic E-state index is 13.9. The molecule has 1 atom stereocenters. The molecular formula is C14H24FN3O. The van der Waals surface area contributed by atoms with E-state index in [1.807, 2.05) is 14.1 Å². The van der Waals surface area contributed by atoms with Crippen LogP contribution in [0.2, 0.25) is 0 Å². The Morgan fingerprint density at radius 2 is 2.00 bits per heavy atom. The Kier molecular flexibility index (Phi) is 5.42. The average molecular weight is 269 g/mol. The van der Waals surface area contributed by atoms with Crippen molar-refractivity contribution in [3.8, 4) is 5.75 Å². The van der Waals surface area contributed by atoms with Crippen molar-refractivity contribution < 1.29 is 9.13 Å². The molecule has 0 spiro atoms. The van der Waals surface area contributed by atoms with Gasteiger partial charge in [0, 0.05) is 24.7 Å². The molecule has 0 aromatic heterocycles. The van der Waals surface area contributed by atoms with E-state index in [0.29, 0.717) is 23.0 Å². The summed E-state index contributed by atoms with van der Waals surface area (Å²) in [6, 6.07) is 3.04. The molecule has 108 valence electrons. The molecule has 0 aliphatic heterocycles. The number of halogens is 1. The van der Waals surface area contributed by atoms with Crippen LogP contribution in [0.5, 0.6) is 5.75 Å². The Labute approximate surface area is 114 Å². The molecular weight excluding hydrogens is 245 g/mol. The van der Waals surface area contributed by atoms with Gasteiger partial charge in [-0.05, 0) is 20.0 Å². The summed E-state index contributed by atoms with van der Waals surface area (Å²) >= 11 is 0. The Hall–Kier alpha value is -1.49. The van der Waals surface area contributed by atoms with Gasteiger partial charge in [-0.15, -0.1) is 0 Å². The first kappa shape index (κ1) is 15.6. The van der Waals surface area contributed by atoms with Crippen LogP contribution >= 0.6 is 0 Å². The van der Waals surface area contributed by atoms with Gasteiger partial charge in [-0.25, -0.2) is 4.39 Å². The monoisotopic (exact) mass is 269 g/mol. The van der Waals surface area contributed by atoms with E-state index in [9.17, 15) is 4.39 Å². The van der Waals surface area contributed by atoms with Crippen LogP contribution in [0.1, 0.15) is 13.8 Å². The summed E-state index contributed by atoms with van der Waals surface area (Å²) in [7, 11) is 5.51. The van der Waals surface area contributed by atoms with Crippen molar-refractivity contribution in [2.75, 3.05) is 38.8 Å². The number of nitrogens with two attached hydrogens (primary N) is 1. The van der Waals surface area contributed by atoms with Crippen molar-refractivity contribution in [2.45, 2.75) is 19.9 Å². The van der Waals surface area contributed by atoms with Crippen LogP contribution in [0.25, 0.3) is 0 Å². The van der Waals surface area contributed by atoms with Crippen LogP contribution in [0.3, 0.4) is 0 Å². The largest absolute Gasteiger partial charge is 0.495 e. The Bertz CT molecular complexity index is 421. The maximum Gasteiger partial charge on any atom is 0.148 e. The lowest BCUT2D eigenvalue weighted by Crippen LogP contribution is -2.36. The standard InChI is InChI=1S/C14H24FN3O/c1-9(2)13(8-18(3)4)17-12-7-14(19-5)11(16)6-10(12)15/h6-7,9,13,17H,8,16H2,1-5H3. The highest BCUT2D eigenvalue weighted by Gasteiger charge is 2.17. The lowest BCUT2D eigenvalue weighted by atomic mass is 10.0. The number of nitrogens with one attached hydrogen (secondary N) is 1. The summed E-state index contributed by atoms with van der Waals surface area (Å²) < 4.78 is 19.0. The third kappa shape index (κ3) is 4.28. The normalized spacial score (nSPS) is 12.8. The minimum atomic E-state index is -0.359. The number of likely N-dealkylation sites (N-methyl/N-ethyl adjacent to an activating group) is 1. The minimum absolute atomic E-state index is 0.151. The van der Waals surface area contributed by atoms with Crippen molar-refractivity contribution in [3.63, 3.8) is 0 Å². The molecule has 0 saturated heterocycles. The quantitative estimate of drug-likeness (QED) is 0.779. The second-order valence-electron chi connectivity index (χ2n) is 5.33. The fraction of sp³-hybridized carbons (Fsp3) is 0.571. The lowest BCUT2D eigenvalue weighted by molar-refractivity contribution is 0.344. The van der Waals surface area contributed by atoms with Crippen molar-refractivity contribution in [1.29, 1.82) is 0 Å². The van der Waals surface area contributed by atoms with Crippen molar-refractivity contribution in [3.05, 3.63) is 17.9 Å². The molecule has 0 bridgehead atoms. The van der Waals surface area contributed by atoms with Gasteiger partial charge in [0.2, 0.25) is 0 Å². The third-order valence-corrected chi connectivity index (χ3v) is 3.03. The molecule has 0 amide bonds. The number of nitrogens with zero attached hydrogens (tertiary/aromatic N) is 1. The topological polar surface area (TPSA) is 50.5 Å². The smallest absolute Gasteiger partial charge is 0.148 e. The molecule has 5 heteroatoms. The van der Waals surface area contributed by atoms with Gasteiger partial charge in [0.05, 0.1) is 18.5 Å². The Morgan fingerprint density at radius 3 is 2.47 bits per heavy atom. The number of hydrogen-bond donors (Lipinski definition) is 2.